The van der Waals surface area contributed by atoms with E-state index in [2.05, 4.69) is 64.3 Å². The average molecular weight is 395 g/mol. The van der Waals surface area contributed by atoms with Crippen LogP contribution >= 0.6 is 0 Å². The summed E-state index contributed by atoms with van der Waals surface area (Å²) in [5.74, 6) is 1.80. The second-order valence-electron chi connectivity index (χ2n) is 7.89. The molecule has 0 spiro atoms. The Bertz CT molecular complexity index is 911. The highest BCUT2D eigenvalue weighted by Crippen LogP contribution is 2.28. The zero-order valence-corrected chi connectivity index (χ0v) is 17.6. The van der Waals surface area contributed by atoms with Crippen LogP contribution in [0.1, 0.15) is 48.5 Å². The number of anilines is 1. The number of aryl methyl sites for hydroxylation is 2. The standard InChI is InChI=1S/C22H30N6O/c1-4-6-20(22-23-24-25-28(22)16-19-7-5-14-29-19)26-10-12-27(13-11-26)21-15-17(2)8-9-18(21)3/h5,7-9,14-15,20H,4,6,10-13,16H2,1-3H3. The third kappa shape index (κ3) is 4.34. The molecule has 4 rings (SSSR count). The molecule has 7 heteroatoms. The molecule has 1 aliphatic rings. The van der Waals surface area contributed by atoms with Gasteiger partial charge in [-0.3, -0.25) is 4.90 Å². The monoisotopic (exact) mass is 394 g/mol. The van der Waals surface area contributed by atoms with Crippen LogP contribution in [0.2, 0.25) is 0 Å². The number of hydrogen-bond donors (Lipinski definition) is 0. The van der Waals surface area contributed by atoms with E-state index in [4.69, 9.17) is 4.42 Å². The van der Waals surface area contributed by atoms with Crippen molar-refractivity contribution < 1.29 is 4.42 Å². The molecule has 1 aromatic carbocycles. The van der Waals surface area contributed by atoms with Gasteiger partial charge < -0.3 is 9.32 Å². The summed E-state index contributed by atoms with van der Waals surface area (Å²) in [6.45, 7) is 11.2. The fraction of sp³-hybridized carbons (Fsp3) is 0.500. The van der Waals surface area contributed by atoms with Crippen molar-refractivity contribution in [1.29, 1.82) is 0 Å². The summed E-state index contributed by atoms with van der Waals surface area (Å²) in [5.41, 5.74) is 4.02. The van der Waals surface area contributed by atoms with E-state index < -0.39 is 0 Å². The van der Waals surface area contributed by atoms with Crippen molar-refractivity contribution >= 4 is 5.69 Å². The van der Waals surface area contributed by atoms with E-state index in [9.17, 15) is 0 Å². The molecule has 1 fully saturated rings. The fourth-order valence-electron chi connectivity index (χ4n) is 4.20. The van der Waals surface area contributed by atoms with E-state index in [1.54, 1.807) is 6.26 Å². The molecule has 7 nitrogen and oxygen atoms in total. The van der Waals surface area contributed by atoms with E-state index in [0.717, 1.165) is 50.6 Å². The molecule has 0 radical (unpaired) electrons. The molecule has 0 amide bonds. The van der Waals surface area contributed by atoms with Gasteiger partial charge in [-0.2, -0.15) is 0 Å². The van der Waals surface area contributed by atoms with Gasteiger partial charge in [0.2, 0.25) is 0 Å². The molecule has 0 aliphatic carbocycles. The number of nitrogens with zero attached hydrogens (tertiary/aromatic N) is 6. The van der Waals surface area contributed by atoms with Gasteiger partial charge in [0.05, 0.1) is 12.3 Å². The van der Waals surface area contributed by atoms with Crippen LogP contribution in [0.25, 0.3) is 0 Å². The quantitative estimate of drug-likeness (QED) is 0.610. The predicted molar refractivity (Wildman–Crippen MR) is 113 cm³/mol. The zero-order valence-electron chi connectivity index (χ0n) is 17.6. The van der Waals surface area contributed by atoms with Crippen LogP contribution in [-0.4, -0.2) is 51.3 Å². The fourth-order valence-corrected chi connectivity index (χ4v) is 4.20. The van der Waals surface area contributed by atoms with Crippen LogP contribution < -0.4 is 4.90 Å². The van der Waals surface area contributed by atoms with Crippen molar-refractivity contribution in [2.75, 3.05) is 31.1 Å². The van der Waals surface area contributed by atoms with Gasteiger partial charge >= 0.3 is 0 Å². The third-order valence-corrected chi connectivity index (χ3v) is 5.77. The molecule has 1 unspecified atom stereocenters. The predicted octanol–water partition coefficient (Wildman–Crippen LogP) is 3.59. The summed E-state index contributed by atoms with van der Waals surface area (Å²) in [5, 5.41) is 12.6. The molecule has 1 saturated heterocycles. The van der Waals surface area contributed by atoms with Crippen LogP contribution in [0.5, 0.6) is 0 Å². The minimum Gasteiger partial charge on any atom is -0.467 e. The van der Waals surface area contributed by atoms with Crippen LogP contribution in [0.3, 0.4) is 0 Å². The molecule has 3 aromatic rings. The van der Waals surface area contributed by atoms with Crippen LogP contribution in [0, 0.1) is 13.8 Å². The van der Waals surface area contributed by atoms with Crippen LogP contribution in [-0.2, 0) is 6.54 Å². The molecule has 0 N–H and O–H groups in total. The molecule has 1 atom stereocenters. The maximum absolute atomic E-state index is 5.49. The smallest absolute Gasteiger partial charge is 0.168 e. The molecule has 29 heavy (non-hydrogen) atoms. The molecule has 0 bridgehead atoms. The molecular formula is C22H30N6O. The summed E-state index contributed by atoms with van der Waals surface area (Å²) in [6.07, 6.45) is 3.83. The summed E-state index contributed by atoms with van der Waals surface area (Å²) in [4.78, 5) is 5.04. The first kappa shape index (κ1) is 19.6. The number of benzene rings is 1. The molecule has 154 valence electrons. The number of hydrogen-bond acceptors (Lipinski definition) is 6. The van der Waals surface area contributed by atoms with E-state index in [1.165, 1.54) is 16.8 Å². The molecule has 3 heterocycles. The largest absolute Gasteiger partial charge is 0.467 e. The lowest BCUT2D eigenvalue weighted by Gasteiger charge is -2.40. The first-order valence-electron chi connectivity index (χ1n) is 10.5. The first-order chi connectivity index (χ1) is 14.2. The molecule has 2 aromatic heterocycles. The lowest BCUT2D eigenvalue weighted by molar-refractivity contribution is 0.164. The van der Waals surface area contributed by atoms with Crippen molar-refractivity contribution in [3.05, 3.63) is 59.3 Å². The minimum absolute atomic E-state index is 0.228. The summed E-state index contributed by atoms with van der Waals surface area (Å²) in [6, 6.07) is 10.8. The highest BCUT2D eigenvalue weighted by atomic mass is 16.3. The topological polar surface area (TPSA) is 63.2 Å². The normalized spacial score (nSPS) is 16.3. The SMILES string of the molecule is CCCC(c1nnnn1Cc1ccco1)N1CCN(c2cc(C)ccc2C)CC1. The number of aromatic nitrogens is 4. The Hall–Kier alpha value is -2.67. The van der Waals surface area contributed by atoms with E-state index in [0.29, 0.717) is 6.54 Å². The lowest BCUT2D eigenvalue weighted by Crippen LogP contribution is -2.48. The van der Waals surface area contributed by atoms with E-state index in [-0.39, 0.29) is 6.04 Å². The Balaban J connectivity index is 1.48. The summed E-state index contributed by atoms with van der Waals surface area (Å²) < 4.78 is 7.38. The van der Waals surface area contributed by atoms with E-state index in [1.807, 2.05) is 16.8 Å². The van der Waals surface area contributed by atoms with Crippen LogP contribution in [0.4, 0.5) is 5.69 Å². The first-order valence-corrected chi connectivity index (χ1v) is 10.5. The minimum atomic E-state index is 0.228. The Morgan fingerprint density at radius 3 is 2.66 bits per heavy atom. The number of piperazine rings is 1. The Morgan fingerprint density at radius 2 is 1.93 bits per heavy atom. The molecule has 0 saturated carbocycles. The number of tetrazole rings is 1. The zero-order chi connectivity index (χ0) is 20.2. The Morgan fingerprint density at radius 1 is 1.10 bits per heavy atom. The number of furan rings is 1. The maximum Gasteiger partial charge on any atom is 0.168 e. The van der Waals surface area contributed by atoms with Gasteiger partial charge in [-0.1, -0.05) is 25.5 Å². The van der Waals surface area contributed by atoms with Gasteiger partial charge in [0.15, 0.2) is 5.82 Å². The van der Waals surface area contributed by atoms with Crippen molar-refractivity contribution in [2.24, 2.45) is 0 Å². The van der Waals surface area contributed by atoms with Gasteiger partial charge in [0, 0.05) is 31.9 Å². The van der Waals surface area contributed by atoms with Crippen molar-refractivity contribution in [3.63, 3.8) is 0 Å². The second kappa shape index (κ2) is 8.78. The van der Waals surface area contributed by atoms with Gasteiger partial charge in [0.25, 0.3) is 0 Å². The van der Waals surface area contributed by atoms with Crippen molar-refractivity contribution in [3.8, 4) is 0 Å². The highest BCUT2D eigenvalue weighted by Gasteiger charge is 2.29. The summed E-state index contributed by atoms with van der Waals surface area (Å²) in [7, 11) is 0. The van der Waals surface area contributed by atoms with Gasteiger partial charge in [0.1, 0.15) is 12.3 Å². The van der Waals surface area contributed by atoms with Crippen LogP contribution in [0.15, 0.2) is 41.0 Å². The number of rotatable bonds is 7. The lowest BCUT2D eigenvalue weighted by atomic mass is 10.1. The van der Waals surface area contributed by atoms with Gasteiger partial charge in [-0.25, -0.2) is 4.68 Å². The maximum atomic E-state index is 5.49. The Labute approximate surface area is 172 Å². The molecular weight excluding hydrogens is 364 g/mol. The second-order valence-corrected chi connectivity index (χ2v) is 7.89. The Kier molecular flexibility index (Phi) is 5.94. The van der Waals surface area contributed by atoms with Crippen molar-refractivity contribution in [2.45, 2.75) is 46.2 Å². The van der Waals surface area contributed by atoms with E-state index >= 15 is 0 Å². The van der Waals surface area contributed by atoms with Gasteiger partial charge in [-0.15, -0.1) is 5.10 Å². The third-order valence-electron chi connectivity index (χ3n) is 5.77. The highest BCUT2D eigenvalue weighted by molar-refractivity contribution is 5.55. The summed E-state index contributed by atoms with van der Waals surface area (Å²) >= 11 is 0. The van der Waals surface area contributed by atoms with Gasteiger partial charge in [-0.05, 0) is 60.0 Å². The molecule has 1 aliphatic heterocycles. The average Bonchev–Trinajstić information content (AvgIpc) is 3.41. The van der Waals surface area contributed by atoms with Crippen molar-refractivity contribution in [1.82, 2.24) is 25.1 Å².